The highest BCUT2D eigenvalue weighted by Crippen LogP contribution is 2.62. The van der Waals surface area contributed by atoms with Crippen molar-refractivity contribution in [1.82, 2.24) is 5.32 Å². The quantitative estimate of drug-likeness (QED) is 0.746. The molecule has 3 heteroatoms. The van der Waals surface area contributed by atoms with Gasteiger partial charge in [0.2, 0.25) is 0 Å². The van der Waals surface area contributed by atoms with Gasteiger partial charge in [-0.05, 0) is 36.0 Å². The Labute approximate surface area is 97.9 Å². The third kappa shape index (κ3) is 1.65. The Hall–Kier alpha value is -0.570. The van der Waals surface area contributed by atoms with Gasteiger partial charge in [0.25, 0.3) is 0 Å². The third-order valence-corrected chi connectivity index (χ3v) is 4.95. The minimum atomic E-state index is -0.165. The van der Waals surface area contributed by atoms with E-state index >= 15 is 0 Å². The van der Waals surface area contributed by atoms with Crippen LogP contribution in [-0.4, -0.2) is 25.7 Å². The Morgan fingerprint density at radius 1 is 1.44 bits per heavy atom. The first kappa shape index (κ1) is 11.9. The number of carbonyl (C=O) groups is 1. The monoisotopic (exact) mass is 225 g/mol. The van der Waals surface area contributed by atoms with Crippen LogP contribution < -0.4 is 5.32 Å². The van der Waals surface area contributed by atoms with Gasteiger partial charge in [0.05, 0.1) is 13.7 Å². The zero-order valence-corrected chi connectivity index (χ0v) is 10.8. The van der Waals surface area contributed by atoms with E-state index in [9.17, 15) is 4.79 Å². The van der Waals surface area contributed by atoms with E-state index in [1.54, 1.807) is 0 Å². The molecule has 0 heterocycles. The average molecular weight is 225 g/mol. The molecule has 2 saturated carbocycles. The van der Waals surface area contributed by atoms with Crippen LogP contribution in [0.5, 0.6) is 0 Å². The zero-order chi connectivity index (χ0) is 12.0. The highest BCUT2D eigenvalue weighted by molar-refractivity contribution is 5.71. The van der Waals surface area contributed by atoms with Gasteiger partial charge < -0.3 is 10.1 Å². The Bertz CT molecular complexity index is 296. The lowest BCUT2D eigenvalue weighted by atomic mass is 9.68. The van der Waals surface area contributed by atoms with Gasteiger partial charge in [0, 0.05) is 6.04 Å². The number of methoxy groups -OCH3 is 1. The maximum absolute atomic E-state index is 11.2. The Morgan fingerprint density at radius 2 is 2.12 bits per heavy atom. The van der Waals surface area contributed by atoms with Gasteiger partial charge in [0.15, 0.2) is 0 Å². The van der Waals surface area contributed by atoms with Crippen LogP contribution in [0.3, 0.4) is 0 Å². The summed E-state index contributed by atoms with van der Waals surface area (Å²) in [7, 11) is 1.44. The molecule has 2 aliphatic rings. The van der Waals surface area contributed by atoms with Crippen molar-refractivity contribution in [2.24, 2.45) is 16.7 Å². The number of hydrogen-bond acceptors (Lipinski definition) is 3. The molecule has 2 bridgehead atoms. The van der Waals surface area contributed by atoms with Crippen molar-refractivity contribution >= 4 is 5.97 Å². The predicted octanol–water partition coefficient (Wildman–Crippen LogP) is 1.96. The van der Waals surface area contributed by atoms with Crippen molar-refractivity contribution in [3.8, 4) is 0 Å². The summed E-state index contributed by atoms with van der Waals surface area (Å²) < 4.78 is 4.69. The number of ether oxygens (including phenoxy) is 1. The smallest absolute Gasteiger partial charge is 0.319 e. The molecule has 92 valence electrons. The first-order chi connectivity index (χ1) is 7.40. The summed E-state index contributed by atoms with van der Waals surface area (Å²) in [6, 6.07) is 0.442. The highest BCUT2D eigenvalue weighted by Gasteiger charge is 2.58. The molecular weight excluding hydrogens is 202 g/mol. The van der Waals surface area contributed by atoms with E-state index in [0.717, 1.165) is 5.92 Å². The summed E-state index contributed by atoms with van der Waals surface area (Å²) in [6.07, 6.45) is 3.94. The largest absolute Gasteiger partial charge is 0.468 e. The first-order valence-corrected chi connectivity index (χ1v) is 6.20. The molecule has 0 aromatic carbocycles. The van der Waals surface area contributed by atoms with Gasteiger partial charge in [-0.3, -0.25) is 4.79 Å². The summed E-state index contributed by atoms with van der Waals surface area (Å²) >= 11 is 0. The van der Waals surface area contributed by atoms with Crippen molar-refractivity contribution in [2.75, 3.05) is 13.7 Å². The van der Waals surface area contributed by atoms with Gasteiger partial charge >= 0.3 is 5.97 Å². The van der Waals surface area contributed by atoms with E-state index in [-0.39, 0.29) is 5.97 Å². The standard InChI is InChI=1S/C13H23NO2/c1-12(2)9-5-6-13(3,7-9)11(12)14-8-10(15)16-4/h9,11,14H,5-8H2,1-4H3/t9-,11?,13+/m0/s1. The molecule has 0 spiro atoms. The molecule has 3 atom stereocenters. The third-order valence-electron chi connectivity index (χ3n) is 4.95. The summed E-state index contributed by atoms with van der Waals surface area (Å²) in [5.41, 5.74) is 0.684. The molecule has 2 rings (SSSR count). The maximum Gasteiger partial charge on any atom is 0.319 e. The second kappa shape index (κ2) is 3.73. The van der Waals surface area contributed by atoms with Crippen LogP contribution in [0.15, 0.2) is 0 Å². The van der Waals surface area contributed by atoms with Crippen LogP contribution in [0, 0.1) is 16.7 Å². The number of nitrogens with one attached hydrogen (secondary N) is 1. The van der Waals surface area contributed by atoms with Crippen LogP contribution in [-0.2, 0) is 9.53 Å². The molecule has 0 radical (unpaired) electrons. The maximum atomic E-state index is 11.2. The SMILES string of the molecule is COC(=O)CNC1C(C)(C)[C@H]2CC[C@]1(C)C2. The molecule has 0 aromatic heterocycles. The molecule has 0 amide bonds. The summed E-state index contributed by atoms with van der Waals surface area (Å²) in [5.74, 6) is 0.648. The van der Waals surface area contributed by atoms with Crippen molar-refractivity contribution in [1.29, 1.82) is 0 Å². The van der Waals surface area contributed by atoms with Gasteiger partial charge in [-0.1, -0.05) is 20.8 Å². The molecular formula is C13H23NO2. The fourth-order valence-electron chi connectivity index (χ4n) is 4.07. The molecule has 1 N–H and O–H groups in total. The van der Waals surface area contributed by atoms with Gasteiger partial charge in [-0.2, -0.15) is 0 Å². The van der Waals surface area contributed by atoms with Crippen LogP contribution in [0.4, 0.5) is 0 Å². The van der Waals surface area contributed by atoms with E-state index in [1.165, 1.54) is 26.4 Å². The summed E-state index contributed by atoms with van der Waals surface area (Å²) in [5, 5.41) is 3.42. The normalized spacial score (nSPS) is 40.0. The Balaban J connectivity index is 2.05. The Morgan fingerprint density at radius 3 is 2.62 bits per heavy atom. The van der Waals surface area contributed by atoms with Crippen molar-refractivity contribution in [2.45, 2.75) is 46.1 Å². The molecule has 16 heavy (non-hydrogen) atoms. The Kier molecular flexibility index (Phi) is 2.77. The minimum Gasteiger partial charge on any atom is -0.468 e. The van der Waals surface area contributed by atoms with Crippen LogP contribution in [0.2, 0.25) is 0 Å². The molecule has 2 aliphatic carbocycles. The number of carbonyl (C=O) groups excluding carboxylic acids is 1. The number of rotatable bonds is 3. The number of hydrogen-bond donors (Lipinski definition) is 1. The highest BCUT2D eigenvalue weighted by atomic mass is 16.5. The fourth-order valence-corrected chi connectivity index (χ4v) is 4.07. The first-order valence-electron chi connectivity index (χ1n) is 6.20. The van der Waals surface area contributed by atoms with Crippen molar-refractivity contribution < 1.29 is 9.53 Å². The van der Waals surface area contributed by atoms with E-state index in [0.29, 0.717) is 23.4 Å². The predicted molar refractivity (Wildman–Crippen MR) is 63.0 cm³/mol. The topological polar surface area (TPSA) is 38.3 Å². The van der Waals surface area contributed by atoms with E-state index in [4.69, 9.17) is 0 Å². The second-order valence-electron chi connectivity index (χ2n) is 6.31. The molecule has 0 aliphatic heterocycles. The van der Waals surface area contributed by atoms with Crippen LogP contribution in [0.25, 0.3) is 0 Å². The number of fused-ring (bicyclic) bond motifs is 2. The molecule has 3 nitrogen and oxygen atoms in total. The molecule has 0 aromatic rings. The van der Waals surface area contributed by atoms with Crippen molar-refractivity contribution in [3.05, 3.63) is 0 Å². The molecule has 1 unspecified atom stereocenters. The second-order valence-corrected chi connectivity index (χ2v) is 6.31. The molecule has 0 saturated heterocycles. The van der Waals surface area contributed by atoms with Crippen LogP contribution in [0.1, 0.15) is 40.0 Å². The van der Waals surface area contributed by atoms with Gasteiger partial charge in [0.1, 0.15) is 0 Å². The van der Waals surface area contributed by atoms with E-state index in [1.807, 2.05) is 0 Å². The van der Waals surface area contributed by atoms with Gasteiger partial charge in [-0.25, -0.2) is 0 Å². The van der Waals surface area contributed by atoms with E-state index in [2.05, 4.69) is 30.8 Å². The summed E-state index contributed by atoms with van der Waals surface area (Å²) in [4.78, 5) is 11.2. The minimum absolute atomic E-state index is 0.165. The van der Waals surface area contributed by atoms with Gasteiger partial charge in [-0.15, -0.1) is 0 Å². The lowest BCUT2D eigenvalue weighted by Crippen LogP contribution is -2.51. The average Bonchev–Trinajstić information content (AvgIpc) is 2.68. The van der Waals surface area contributed by atoms with Crippen LogP contribution >= 0.6 is 0 Å². The summed E-state index contributed by atoms with van der Waals surface area (Å²) in [6.45, 7) is 7.36. The van der Waals surface area contributed by atoms with Crippen molar-refractivity contribution in [3.63, 3.8) is 0 Å². The number of esters is 1. The van der Waals surface area contributed by atoms with E-state index < -0.39 is 0 Å². The zero-order valence-electron chi connectivity index (χ0n) is 10.8. The molecule has 2 fully saturated rings. The lowest BCUT2D eigenvalue weighted by Gasteiger charge is -2.43. The lowest BCUT2D eigenvalue weighted by molar-refractivity contribution is -0.140. The fraction of sp³-hybridized carbons (Fsp3) is 0.923.